The van der Waals surface area contributed by atoms with Crippen molar-refractivity contribution in [1.82, 2.24) is 14.7 Å². The Bertz CT molecular complexity index is 1010. The van der Waals surface area contributed by atoms with Gasteiger partial charge in [0.05, 0.1) is 12.6 Å². The van der Waals surface area contributed by atoms with Crippen molar-refractivity contribution in [2.75, 3.05) is 46.8 Å². The molecule has 0 saturated heterocycles. The zero-order valence-electron chi connectivity index (χ0n) is 18.5. The first-order chi connectivity index (χ1) is 15.0. The van der Waals surface area contributed by atoms with Gasteiger partial charge in [-0.2, -0.15) is 0 Å². The third-order valence-corrected chi connectivity index (χ3v) is 6.01. The second-order valence-electron chi connectivity index (χ2n) is 8.82. The molecule has 0 fully saturated rings. The van der Waals surface area contributed by atoms with Gasteiger partial charge in [-0.3, -0.25) is 14.6 Å². The highest BCUT2D eigenvalue weighted by Crippen LogP contribution is 2.22. The normalized spacial score (nSPS) is 17.0. The van der Waals surface area contributed by atoms with Crippen molar-refractivity contribution in [3.8, 4) is 11.8 Å². The number of rotatable bonds is 5. The van der Waals surface area contributed by atoms with E-state index in [-0.39, 0.29) is 5.91 Å². The number of β-amino-alcohol motifs (C(OH)–C–C–N with tert-alkyl or cyclic N) is 1. The molecule has 0 saturated carbocycles. The van der Waals surface area contributed by atoms with Crippen LogP contribution in [-0.2, 0) is 19.4 Å². The van der Waals surface area contributed by atoms with E-state index >= 15 is 0 Å². The third-order valence-electron chi connectivity index (χ3n) is 6.01. The van der Waals surface area contributed by atoms with Gasteiger partial charge in [-0.05, 0) is 61.8 Å². The molecule has 0 aromatic heterocycles. The van der Waals surface area contributed by atoms with E-state index in [9.17, 15) is 9.90 Å². The minimum atomic E-state index is -0.549. The molecule has 1 atom stereocenters. The molecule has 5 heteroatoms. The van der Waals surface area contributed by atoms with Crippen LogP contribution in [0.4, 0.5) is 0 Å². The first-order valence-corrected chi connectivity index (χ1v) is 11.0. The number of aliphatic hydroxyl groups excluding tert-OH is 1. The van der Waals surface area contributed by atoms with Crippen molar-refractivity contribution < 1.29 is 9.90 Å². The topological polar surface area (TPSA) is 47.0 Å². The lowest BCUT2D eigenvalue weighted by molar-refractivity contribution is 0.0493. The number of amides is 1. The van der Waals surface area contributed by atoms with Crippen molar-refractivity contribution in [1.29, 1.82) is 0 Å². The van der Waals surface area contributed by atoms with Crippen LogP contribution in [0.2, 0.25) is 0 Å². The molecule has 2 aliphatic rings. The first-order valence-electron chi connectivity index (χ1n) is 11.0. The molecule has 2 heterocycles. The van der Waals surface area contributed by atoms with Crippen LogP contribution in [0, 0.1) is 11.8 Å². The fraction of sp³-hybridized carbons (Fsp3) is 0.423. The Morgan fingerprint density at radius 2 is 1.81 bits per heavy atom. The summed E-state index contributed by atoms with van der Waals surface area (Å²) in [5.74, 6) is 6.33. The number of carbonyl (C=O) groups excluding carboxylic acids is 1. The Labute approximate surface area is 185 Å². The largest absolute Gasteiger partial charge is 0.390 e. The summed E-state index contributed by atoms with van der Waals surface area (Å²) in [5, 5.41) is 10.7. The molecule has 2 aromatic rings. The summed E-state index contributed by atoms with van der Waals surface area (Å²) in [4.78, 5) is 19.1. The van der Waals surface area contributed by atoms with Crippen LogP contribution in [0.25, 0.3) is 0 Å². The summed E-state index contributed by atoms with van der Waals surface area (Å²) >= 11 is 0. The average molecular weight is 418 g/mol. The molecule has 2 aromatic carbocycles. The lowest BCUT2D eigenvalue weighted by Gasteiger charge is -2.34. The van der Waals surface area contributed by atoms with Crippen LogP contribution in [0.15, 0.2) is 42.5 Å². The smallest absolute Gasteiger partial charge is 0.254 e. The summed E-state index contributed by atoms with van der Waals surface area (Å²) in [6, 6.07) is 14.4. The molecule has 4 rings (SSSR count). The predicted octanol–water partition coefficient (Wildman–Crippen LogP) is 2.02. The number of nitrogens with zero attached hydrogens (tertiary/aromatic N) is 3. The minimum absolute atomic E-state index is 0.0112. The molecule has 0 radical (unpaired) electrons. The molecule has 0 unspecified atom stereocenters. The third kappa shape index (κ3) is 5.34. The van der Waals surface area contributed by atoms with E-state index in [0.29, 0.717) is 26.2 Å². The Kier molecular flexibility index (Phi) is 6.72. The summed E-state index contributed by atoms with van der Waals surface area (Å²) in [6.45, 7) is 4.13. The van der Waals surface area contributed by atoms with E-state index in [1.165, 1.54) is 11.1 Å². The first kappa shape index (κ1) is 21.6. The zero-order chi connectivity index (χ0) is 21.8. The SMILES string of the molecule is CN(C)CC#Cc1ccc2c(c1)CCN(C[C@H](O)CN1CCc3ccccc3C1)C2=O. The maximum atomic E-state index is 13.0. The highest BCUT2D eigenvalue weighted by atomic mass is 16.3. The number of fused-ring (bicyclic) bond motifs is 2. The van der Waals surface area contributed by atoms with Crippen LogP contribution in [0.1, 0.15) is 32.6 Å². The highest BCUT2D eigenvalue weighted by molar-refractivity contribution is 5.97. The Morgan fingerprint density at radius 1 is 1.03 bits per heavy atom. The van der Waals surface area contributed by atoms with Gasteiger partial charge < -0.3 is 10.0 Å². The van der Waals surface area contributed by atoms with Gasteiger partial charge in [-0.15, -0.1) is 0 Å². The van der Waals surface area contributed by atoms with Gasteiger partial charge in [-0.1, -0.05) is 36.1 Å². The van der Waals surface area contributed by atoms with E-state index in [2.05, 4.69) is 41.0 Å². The number of carbonyl (C=O) groups is 1. The summed E-state index contributed by atoms with van der Waals surface area (Å²) in [5.41, 5.74) is 5.49. The maximum Gasteiger partial charge on any atom is 0.254 e. The molecule has 1 amide bonds. The molecular formula is C26H31N3O2. The summed E-state index contributed by atoms with van der Waals surface area (Å²) in [7, 11) is 3.99. The van der Waals surface area contributed by atoms with E-state index < -0.39 is 6.10 Å². The molecule has 0 spiro atoms. The van der Waals surface area contributed by atoms with E-state index in [0.717, 1.165) is 42.6 Å². The van der Waals surface area contributed by atoms with Crippen LogP contribution >= 0.6 is 0 Å². The second kappa shape index (κ2) is 9.65. The van der Waals surface area contributed by atoms with E-state index in [1.807, 2.05) is 37.2 Å². The van der Waals surface area contributed by atoms with Crippen molar-refractivity contribution in [2.45, 2.75) is 25.5 Å². The zero-order valence-corrected chi connectivity index (χ0v) is 18.5. The van der Waals surface area contributed by atoms with Crippen molar-refractivity contribution in [3.05, 3.63) is 70.3 Å². The van der Waals surface area contributed by atoms with Gasteiger partial charge in [-0.25, -0.2) is 0 Å². The molecule has 1 N–H and O–H groups in total. The van der Waals surface area contributed by atoms with Gasteiger partial charge in [0, 0.05) is 43.9 Å². The Morgan fingerprint density at radius 3 is 2.61 bits per heavy atom. The second-order valence-corrected chi connectivity index (χ2v) is 8.82. The molecule has 0 aliphatic carbocycles. The average Bonchev–Trinajstić information content (AvgIpc) is 2.75. The van der Waals surface area contributed by atoms with Crippen LogP contribution in [0.5, 0.6) is 0 Å². The fourth-order valence-electron chi connectivity index (χ4n) is 4.41. The highest BCUT2D eigenvalue weighted by Gasteiger charge is 2.27. The number of aliphatic hydroxyl groups is 1. The summed E-state index contributed by atoms with van der Waals surface area (Å²) in [6.07, 6.45) is 1.26. The van der Waals surface area contributed by atoms with Crippen molar-refractivity contribution >= 4 is 5.91 Å². The van der Waals surface area contributed by atoms with Crippen LogP contribution < -0.4 is 0 Å². The van der Waals surface area contributed by atoms with E-state index in [1.54, 1.807) is 4.90 Å². The van der Waals surface area contributed by atoms with Gasteiger partial charge >= 0.3 is 0 Å². The lowest BCUT2D eigenvalue weighted by atomic mass is 9.96. The Balaban J connectivity index is 1.34. The van der Waals surface area contributed by atoms with Gasteiger partial charge in [0.25, 0.3) is 5.91 Å². The number of hydrogen-bond acceptors (Lipinski definition) is 4. The van der Waals surface area contributed by atoms with E-state index in [4.69, 9.17) is 0 Å². The standard InChI is InChI=1S/C26H31N3O2/c1-27(2)13-5-6-20-9-10-25-22(16-20)12-15-29(26(25)31)19-24(30)18-28-14-11-21-7-3-4-8-23(21)17-28/h3-4,7-10,16,24,30H,11-15,17-19H2,1-2H3/t24-/m1/s1. The number of hydrogen-bond donors (Lipinski definition) is 1. The molecule has 31 heavy (non-hydrogen) atoms. The monoisotopic (exact) mass is 417 g/mol. The summed E-state index contributed by atoms with van der Waals surface area (Å²) < 4.78 is 0. The minimum Gasteiger partial charge on any atom is -0.390 e. The molecule has 0 bridgehead atoms. The molecule has 2 aliphatic heterocycles. The quantitative estimate of drug-likeness (QED) is 0.757. The fourth-order valence-corrected chi connectivity index (χ4v) is 4.41. The molecule has 162 valence electrons. The maximum absolute atomic E-state index is 13.0. The van der Waals surface area contributed by atoms with Crippen LogP contribution in [-0.4, -0.2) is 78.6 Å². The predicted molar refractivity (Wildman–Crippen MR) is 123 cm³/mol. The molecule has 5 nitrogen and oxygen atoms in total. The van der Waals surface area contributed by atoms with Gasteiger partial charge in [0.1, 0.15) is 0 Å². The lowest BCUT2D eigenvalue weighted by Crippen LogP contribution is -2.46. The Hall–Kier alpha value is -2.65. The van der Waals surface area contributed by atoms with Crippen LogP contribution in [0.3, 0.4) is 0 Å². The molecular weight excluding hydrogens is 386 g/mol. The van der Waals surface area contributed by atoms with Gasteiger partial charge in [0.2, 0.25) is 0 Å². The number of benzene rings is 2. The van der Waals surface area contributed by atoms with Crippen molar-refractivity contribution in [3.63, 3.8) is 0 Å². The van der Waals surface area contributed by atoms with Gasteiger partial charge in [0.15, 0.2) is 0 Å². The van der Waals surface area contributed by atoms with Crippen molar-refractivity contribution in [2.24, 2.45) is 0 Å².